The fourth-order valence-corrected chi connectivity index (χ4v) is 3.86. The number of rotatable bonds is 6. The van der Waals surface area contributed by atoms with Crippen LogP contribution in [0.4, 0.5) is 0 Å². The smallest absolute Gasteiger partial charge is 0.243 e. The van der Waals surface area contributed by atoms with Gasteiger partial charge >= 0.3 is 0 Å². The van der Waals surface area contributed by atoms with Gasteiger partial charge in [0.25, 0.3) is 0 Å². The molecule has 1 aromatic heterocycles. The Labute approximate surface area is 137 Å². The summed E-state index contributed by atoms with van der Waals surface area (Å²) in [5.41, 5.74) is 7.24. The Balaban J connectivity index is 2.21. The predicted molar refractivity (Wildman–Crippen MR) is 89.7 cm³/mol. The molecule has 23 heavy (non-hydrogen) atoms. The number of carbonyl (C=O) groups is 1. The van der Waals surface area contributed by atoms with Crippen LogP contribution in [0.1, 0.15) is 36.9 Å². The molecule has 0 radical (unpaired) electrons. The van der Waals surface area contributed by atoms with Gasteiger partial charge < -0.3 is 10.3 Å². The normalized spacial score (nSPS) is 18.9. The Morgan fingerprint density at radius 3 is 2.48 bits per heavy atom. The van der Waals surface area contributed by atoms with Gasteiger partial charge in [-0.1, -0.05) is 37.3 Å². The summed E-state index contributed by atoms with van der Waals surface area (Å²) in [4.78, 5) is 19.3. The van der Waals surface area contributed by atoms with E-state index in [1.54, 1.807) is 6.33 Å². The third-order valence-corrected chi connectivity index (χ3v) is 5.07. The third-order valence-electron chi connectivity index (χ3n) is 5.07. The Morgan fingerprint density at radius 2 is 2.04 bits per heavy atom. The van der Waals surface area contributed by atoms with Gasteiger partial charge in [0, 0.05) is 37.9 Å². The molecule has 2 unspecified atom stereocenters. The van der Waals surface area contributed by atoms with Crippen LogP contribution in [0.5, 0.6) is 0 Å². The van der Waals surface area contributed by atoms with Crippen LogP contribution in [0.15, 0.2) is 42.9 Å². The minimum Gasteiger partial charge on any atom is -0.368 e. The highest BCUT2D eigenvalue weighted by Crippen LogP contribution is 2.45. The molecule has 3 rings (SSSR count). The lowest BCUT2D eigenvalue weighted by Gasteiger charge is -2.51. The first-order valence-electron chi connectivity index (χ1n) is 8.19. The second-order valence-electron chi connectivity index (χ2n) is 6.23. The van der Waals surface area contributed by atoms with E-state index in [4.69, 9.17) is 5.73 Å². The topological polar surface area (TPSA) is 64.2 Å². The fraction of sp³-hybridized carbons (Fsp3) is 0.444. The largest absolute Gasteiger partial charge is 0.368 e. The van der Waals surface area contributed by atoms with Gasteiger partial charge in [-0.3, -0.25) is 9.69 Å². The standard InChI is InChI=1S/C18H24N4O/c1-3-15(16-12-20-13-21(16)2)18(17(19)23,22-10-7-11-22)14-8-5-4-6-9-14/h4-6,8-9,12-13,15H,3,7,10-11H2,1-2H3,(H2,19,23). The first-order valence-corrected chi connectivity index (χ1v) is 8.19. The summed E-state index contributed by atoms with van der Waals surface area (Å²) >= 11 is 0. The van der Waals surface area contributed by atoms with E-state index >= 15 is 0 Å². The number of imidazole rings is 1. The summed E-state index contributed by atoms with van der Waals surface area (Å²) in [5.74, 6) is -0.313. The van der Waals surface area contributed by atoms with Crippen molar-refractivity contribution in [2.24, 2.45) is 12.8 Å². The molecule has 1 saturated heterocycles. The summed E-state index contributed by atoms with van der Waals surface area (Å²) < 4.78 is 1.99. The van der Waals surface area contributed by atoms with Crippen LogP contribution in [0.25, 0.3) is 0 Å². The van der Waals surface area contributed by atoms with Crippen molar-refractivity contribution < 1.29 is 4.79 Å². The van der Waals surface area contributed by atoms with Crippen molar-refractivity contribution in [2.45, 2.75) is 31.2 Å². The van der Waals surface area contributed by atoms with Crippen LogP contribution in [0.3, 0.4) is 0 Å². The zero-order chi connectivity index (χ0) is 16.4. The lowest BCUT2D eigenvalue weighted by atomic mass is 9.71. The van der Waals surface area contributed by atoms with Crippen molar-refractivity contribution in [1.29, 1.82) is 0 Å². The summed E-state index contributed by atoms with van der Waals surface area (Å²) in [7, 11) is 1.97. The molecular formula is C18H24N4O. The third kappa shape index (κ3) is 2.36. The van der Waals surface area contributed by atoms with E-state index < -0.39 is 5.54 Å². The second kappa shape index (κ2) is 6.16. The second-order valence-corrected chi connectivity index (χ2v) is 6.23. The van der Waals surface area contributed by atoms with Crippen LogP contribution in [-0.4, -0.2) is 33.4 Å². The van der Waals surface area contributed by atoms with Crippen LogP contribution in [-0.2, 0) is 17.4 Å². The first kappa shape index (κ1) is 15.7. The molecule has 0 bridgehead atoms. The van der Waals surface area contributed by atoms with Gasteiger partial charge in [0.1, 0.15) is 5.54 Å². The van der Waals surface area contributed by atoms with E-state index in [0.29, 0.717) is 0 Å². The molecule has 122 valence electrons. The van der Waals surface area contributed by atoms with E-state index in [9.17, 15) is 4.79 Å². The first-order chi connectivity index (χ1) is 11.1. The summed E-state index contributed by atoms with van der Waals surface area (Å²) in [5, 5.41) is 0. The monoisotopic (exact) mass is 312 g/mol. The van der Waals surface area contributed by atoms with E-state index in [0.717, 1.165) is 37.2 Å². The minimum absolute atomic E-state index is 0.0322. The molecule has 2 heterocycles. The number of hydrogen-bond acceptors (Lipinski definition) is 3. The number of primary amides is 1. The Morgan fingerprint density at radius 1 is 1.35 bits per heavy atom. The number of aryl methyl sites for hydroxylation is 1. The van der Waals surface area contributed by atoms with Crippen LogP contribution >= 0.6 is 0 Å². The van der Waals surface area contributed by atoms with E-state index in [1.807, 2.05) is 48.1 Å². The number of likely N-dealkylation sites (tertiary alicyclic amines) is 1. The molecule has 2 atom stereocenters. The van der Waals surface area contributed by atoms with Crippen molar-refractivity contribution in [3.63, 3.8) is 0 Å². The van der Waals surface area contributed by atoms with E-state index in [1.165, 1.54) is 0 Å². The average molecular weight is 312 g/mol. The van der Waals surface area contributed by atoms with Crippen LogP contribution < -0.4 is 5.73 Å². The highest BCUT2D eigenvalue weighted by atomic mass is 16.1. The zero-order valence-electron chi connectivity index (χ0n) is 13.8. The number of aromatic nitrogens is 2. The van der Waals surface area contributed by atoms with Gasteiger partial charge in [0.2, 0.25) is 5.91 Å². The maximum absolute atomic E-state index is 12.8. The molecule has 1 aromatic carbocycles. The van der Waals surface area contributed by atoms with Gasteiger partial charge in [0.05, 0.1) is 6.33 Å². The van der Waals surface area contributed by atoms with Crippen molar-refractivity contribution in [3.05, 3.63) is 54.1 Å². The number of amides is 1. The molecule has 5 nitrogen and oxygen atoms in total. The van der Waals surface area contributed by atoms with Crippen LogP contribution in [0, 0.1) is 0 Å². The lowest BCUT2D eigenvalue weighted by Crippen LogP contribution is -2.62. The zero-order valence-corrected chi connectivity index (χ0v) is 13.8. The molecule has 0 saturated carbocycles. The van der Waals surface area contributed by atoms with Gasteiger partial charge in [-0.25, -0.2) is 4.98 Å². The van der Waals surface area contributed by atoms with Gasteiger partial charge in [-0.15, -0.1) is 0 Å². The van der Waals surface area contributed by atoms with Crippen molar-refractivity contribution in [1.82, 2.24) is 14.5 Å². The summed E-state index contributed by atoms with van der Waals surface area (Å²) in [6.07, 6.45) is 5.55. The van der Waals surface area contributed by atoms with Gasteiger partial charge in [-0.2, -0.15) is 0 Å². The van der Waals surface area contributed by atoms with Crippen molar-refractivity contribution in [2.75, 3.05) is 13.1 Å². The number of hydrogen-bond donors (Lipinski definition) is 1. The minimum atomic E-state index is -0.817. The maximum atomic E-state index is 12.8. The maximum Gasteiger partial charge on any atom is 0.243 e. The molecule has 2 N–H and O–H groups in total. The molecule has 2 aromatic rings. The molecule has 1 aliphatic heterocycles. The Kier molecular flexibility index (Phi) is 4.22. The molecule has 0 spiro atoms. The molecular weight excluding hydrogens is 288 g/mol. The van der Waals surface area contributed by atoms with Gasteiger partial charge in [0.15, 0.2) is 0 Å². The quantitative estimate of drug-likeness (QED) is 0.887. The van der Waals surface area contributed by atoms with Crippen LogP contribution in [0.2, 0.25) is 0 Å². The number of nitrogens with two attached hydrogens (primary N) is 1. The van der Waals surface area contributed by atoms with Crippen molar-refractivity contribution in [3.8, 4) is 0 Å². The number of carbonyl (C=O) groups excluding carboxylic acids is 1. The highest BCUT2D eigenvalue weighted by molar-refractivity contribution is 5.87. The highest BCUT2D eigenvalue weighted by Gasteiger charge is 2.52. The molecule has 1 aliphatic rings. The molecule has 1 fully saturated rings. The number of nitrogens with zero attached hydrogens (tertiary/aromatic N) is 3. The molecule has 5 heteroatoms. The Bertz CT molecular complexity index is 677. The summed E-state index contributed by atoms with van der Waals surface area (Å²) in [6.45, 7) is 3.90. The predicted octanol–water partition coefficient (Wildman–Crippen LogP) is 2.00. The fourth-order valence-electron chi connectivity index (χ4n) is 3.86. The van der Waals surface area contributed by atoms with E-state index in [2.05, 4.69) is 16.8 Å². The van der Waals surface area contributed by atoms with Gasteiger partial charge in [-0.05, 0) is 18.4 Å². The SMILES string of the molecule is CCC(c1cncn1C)C(C(N)=O)(c1ccccc1)N1CCC1. The molecule has 0 aliphatic carbocycles. The summed E-state index contributed by atoms with van der Waals surface area (Å²) in [6, 6.07) is 9.95. The van der Waals surface area contributed by atoms with E-state index in [-0.39, 0.29) is 11.8 Å². The van der Waals surface area contributed by atoms with Crippen molar-refractivity contribution >= 4 is 5.91 Å². The molecule has 1 amide bonds. The Hall–Kier alpha value is -2.14. The average Bonchev–Trinajstić information content (AvgIpc) is 2.91. The lowest BCUT2D eigenvalue weighted by molar-refractivity contribution is -0.137. The number of benzene rings is 1.